The number of nitrogens with zero attached hydrogens (tertiary/aromatic N) is 2. The highest BCUT2D eigenvalue weighted by atomic mass is 32.1. The number of pyridine rings is 1. The van der Waals surface area contributed by atoms with Crippen LogP contribution in [0.4, 0.5) is 5.13 Å². The van der Waals surface area contributed by atoms with E-state index in [-0.39, 0.29) is 5.56 Å². The summed E-state index contributed by atoms with van der Waals surface area (Å²) in [4.78, 5) is 17.0. The predicted octanol–water partition coefficient (Wildman–Crippen LogP) is 3.98. The van der Waals surface area contributed by atoms with Crippen molar-refractivity contribution in [2.75, 3.05) is 5.32 Å². The summed E-state index contributed by atoms with van der Waals surface area (Å²) in [6.45, 7) is 7.09. The number of unbranched alkanes of at least 4 members (excludes halogenated alkanes) is 2. The summed E-state index contributed by atoms with van der Waals surface area (Å²) in [7, 11) is 0. The van der Waals surface area contributed by atoms with Gasteiger partial charge in [0.05, 0.1) is 11.3 Å². The van der Waals surface area contributed by atoms with Gasteiger partial charge in [-0.1, -0.05) is 19.8 Å². The Labute approximate surface area is 129 Å². The van der Waals surface area contributed by atoms with Gasteiger partial charge >= 0.3 is 0 Å². The summed E-state index contributed by atoms with van der Waals surface area (Å²) in [6.07, 6.45) is 5.21. The van der Waals surface area contributed by atoms with E-state index in [1.807, 2.05) is 23.7 Å². The summed E-state index contributed by atoms with van der Waals surface area (Å²) in [5, 5.41) is 6.07. The Morgan fingerprint density at radius 3 is 2.90 bits per heavy atom. The van der Waals surface area contributed by atoms with E-state index >= 15 is 0 Å². The number of hydrogen-bond donors (Lipinski definition) is 1. The van der Waals surface area contributed by atoms with E-state index in [1.165, 1.54) is 11.3 Å². The molecule has 0 bridgehead atoms. The first-order chi connectivity index (χ1) is 10.1. The van der Waals surface area contributed by atoms with Gasteiger partial charge in [-0.3, -0.25) is 4.79 Å². The Morgan fingerprint density at radius 1 is 1.38 bits per heavy atom. The molecule has 0 aromatic carbocycles. The van der Waals surface area contributed by atoms with Crippen LogP contribution in [0.2, 0.25) is 0 Å². The molecule has 114 valence electrons. The standard InChI is InChI=1S/C16H23N3OS/c1-4-5-6-9-19-10-7-8-13(15(19)20)14-11-21-16(18-14)17-12(2)3/h7-8,10-12H,4-6,9H2,1-3H3,(H,17,18). The van der Waals surface area contributed by atoms with E-state index < -0.39 is 0 Å². The largest absolute Gasteiger partial charge is 0.359 e. The van der Waals surface area contributed by atoms with Crippen molar-refractivity contribution in [2.24, 2.45) is 0 Å². The average Bonchev–Trinajstić information content (AvgIpc) is 2.88. The molecule has 0 aliphatic heterocycles. The molecule has 2 aromatic heterocycles. The van der Waals surface area contributed by atoms with Crippen molar-refractivity contribution in [1.82, 2.24) is 9.55 Å². The Balaban J connectivity index is 2.21. The Morgan fingerprint density at radius 2 is 2.19 bits per heavy atom. The van der Waals surface area contributed by atoms with Crippen molar-refractivity contribution in [2.45, 2.75) is 52.6 Å². The molecule has 21 heavy (non-hydrogen) atoms. The molecule has 0 amide bonds. The van der Waals surface area contributed by atoms with E-state index in [2.05, 4.69) is 31.1 Å². The van der Waals surface area contributed by atoms with Crippen molar-refractivity contribution in [3.05, 3.63) is 34.1 Å². The highest BCUT2D eigenvalue weighted by Gasteiger charge is 2.10. The molecule has 5 heteroatoms. The summed E-state index contributed by atoms with van der Waals surface area (Å²) in [5.74, 6) is 0. The average molecular weight is 305 g/mol. The van der Waals surface area contributed by atoms with Crippen LogP contribution in [0.5, 0.6) is 0 Å². The first-order valence-corrected chi connectivity index (χ1v) is 8.41. The van der Waals surface area contributed by atoms with Crippen molar-refractivity contribution >= 4 is 16.5 Å². The third-order valence-electron chi connectivity index (χ3n) is 3.22. The van der Waals surface area contributed by atoms with Gasteiger partial charge in [-0.25, -0.2) is 4.98 Å². The number of hydrogen-bond acceptors (Lipinski definition) is 4. The second-order valence-electron chi connectivity index (χ2n) is 5.46. The summed E-state index contributed by atoms with van der Waals surface area (Å²) >= 11 is 1.54. The van der Waals surface area contributed by atoms with Crippen LogP contribution in [0.25, 0.3) is 11.3 Å². The van der Waals surface area contributed by atoms with E-state index in [9.17, 15) is 4.79 Å². The number of aryl methyl sites for hydroxylation is 1. The second kappa shape index (κ2) is 7.41. The fourth-order valence-corrected chi connectivity index (χ4v) is 3.01. The van der Waals surface area contributed by atoms with Gasteiger partial charge < -0.3 is 9.88 Å². The summed E-state index contributed by atoms with van der Waals surface area (Å²) in [5.41, 5.74) is 1.50. The highest BCUT2D eigenvalue weighted by molar-refractivity contribution is 7.14. The van der Waals surface area contributed by atoms with Crippen molar-refractivity contribution in [3.63, 3.8) is 0 Å². The number of anilines is 1. The van der Waals surface area contributed by atoms with Gasteiger partial charge in [-0.05, 0) is 32.4 Å². The third-order valence-corrected chi connectivity index (χ3v) is 3.99. The van der Waals surface area contributed by atoms with Crippen LogP contribution in [-0.4, -0.2) is 15.6 Å². The molecule has 0 aliphatic carbocycles. The van der Waals surface area contributed by atoms with Crippen LogP contribution in [0.15, 0.2) is 28.5 Å². The minimum Gasteiger partial charge on any atom is -0.359 e. The molecular weight excluding hydrogens is 282 g/mol. The number of thiazole rings is 1. The monoisotopic (exact) mass is 305 g/mol. The van der Waals surface area contributed by atoms with E-state index in [0.29, 0.717) is 11.6 Å². The lowest BCUT2D eigenvalue weighted by Crippen LogP contribution is -2.21. The third kappa shape index (κ3) is 4.17. The van der Waals surface area contributed by atoms with Crippen molar-refractivity contribution in [1.29, 1.82) is 0 Å². The lowest BCUT2D eigenvalue weighted by molar-refractivity contribution is 0.588. The molecule has 0 radical (unpaired) electrons. The Hall–Kier alpha value is -1.62. The molecule has 2 rings (SSSR count). The normalized spacial score (nSPS) is 11.0. The molecule has 0 unspecified atom stereocenters. The molecule has 2 heterocycles. The molecule has 0 fully saturated rings. The topological polar surface area (TPSA) is 46.9 Å². The summed E-state index contributed by atoms with van der Waals surface area (Å²) in [6, 6.07) is 4.12. The van der Waals surface area contributed by atoms with Crippen LogP contribution in [-0.2, 0) is 6.54 Å². The van der Waals surface area contributed by atoms with Gasteiger partial charge in [0, 0.05) is 24.2 Å². The van der Waals surface area contributed by atoms with Crippen LogP contribution < -0.4 is 10.9 Å². The lowest BCUT2D eigenvalue weighted by atomic mass is 10.2. The van der Waals surface area contributed by atoms with Gasteiger partial charge in [0.25, 0.3) is 5.56 Å². The molecule has 0 atom stereocenters. The van der Waals surface area contributed by atoms with Gasteiger partial charge in [0.2, 0.25) is 0 Å². The van der Waals surface area contributed by atoms with E-state index in [1.54, 1.807) is 4.57 Å². The molecule has 0 saturated carbocycles. The van der Waals surface area contributed by atoms with Crippen molar-refractivity contribution in [3.8, 4) is 11.3 Å². The fourth-order valence-electron chi connectivity index (χ4n) is 2.15. The molecular formula is C16H23N3OS. The molecule has 0 spiro atoms. The van der Waals surface area contributed by atoms with Crippen LogP contribution in [0.3, 0.4) is 0 Å². The molecule has 0 aliphatic rings. The zero-order valence-electron chi connectivity index (χ0n) is 12.9. The van der Waals surface area contributed by atoms with Crippen molar-refractivity contribution < 1.29 is 0 Å². The minimum atomic E-state index is 0.0509. The first-order valence-electron chi connectivity index (χ1n) is 7.53. The fraction of sp³-hybridized carbons (Fsp3) is 0.500. The quantitative estimate of drug-likeness (QED) is 0.787. The van der Waals surface area contributed by atoms with Crippen LogP contribution in [0, 0.1) is 0 Å². The van der Waals surface area contributed by atoms with Gasteiger partial charge in [0.1, 0.15) is 0 Å². The van der Waals surface area contributed by atoms with Gasteiger partial charge in [0.15, 0.2) is 5.13 Å². The Bertz CT molecular complexity index is 630. The number of nitrogens with one attached hydrogen (secondary N) is 1. The van der Waals surface area contributed by atoms with Crippen LogP contribution >= 0.6 is 11.3 Å². The summed E-state index contributed by atoms with van der Waals surface area (Å²) < 4.78 is 1.79. The number of rotatable bonds is 7. The molecule has 4 nitrogen and oxygen atoms in total. The zero-order chi connectivity index (χ0) is 15.2. The van der Waals surface area contributed by atoms with Crippen LogP contribution in [0.1, 0.15) is 40.0 Å². The maximum Gasteiger partial charge on any atom is 0.260 e. The second-order valence-corrected chi connectivity index (χ2v) is 6.32. The number of aromatic nitrogens is 2. The lowest BCUT2D eigenvalue weighted by Gasteiger charge is -2.07. The first kappa shape index (κ1) is 15.8. The zero-order valence-corrected chi connectivity index (χ0v) is 13.7. The maximum atomic E-state index is 12.5. The maximum absolute atomic E-state index is 12.5. The highest BCUT2D eigenvalue weighted by Crippen LogP contribution is 2.23. The molecule has 1 N–H and O–H groups in total. The van der Waals surface area contributed by atoms with E-state index in [0.717, 1.165) is 36.6 Å². The smallest absolute Gasteiger partial charge is 0.260 e. The van der Waals surface area contributed by atoms with Gasteiger partial charge in [-0.15, -0.1) is 11.3 Å². The molecule has 0 saturated heterocycles. The minimum absolute atomic E-state index is 0.0509. The SMILES string of the molecule is CCCCCn1cccc(-c2csc(NC(C)C)n2)c1=O. The Kier molecular flexibility index (Phi) is 5.56. The van der Waals surface area contributed by atoms with Gasteiger partial charge in [-0.2, -0.15) is 0 Å². The molecule has 2 aromatic rings. The van der Waals surface area contributed by atoms with E-state index in [4.69, 9.17) is 0 Å². The predicted molar refractivity (Wildman–Crippen MR) is 90.1 cm³/mol.